The SMILES string of the molecule is C=C(/C=c1/scc/c1=C/C)C1=CC(=C)c2cc(-n3nnc4ccccc43)ccc2C1. The van der Waals surface area contributed by atoms with Crippen LogP contribution in [0, 0.1) is 0 Å². The topological polar surface area (TPSA) is 30.7 Å². The Hall–Kier alpha value is -3.50. The summed E-state index contributed by atoms with van der Waals surface area (Å²) >= 11 is 1.74. The van der Waals surface area contributed by atoms with Crippen molar-refractivity contribution >= 4 is 40.1 Å². The second-order valence-corrected chi connectivity index (χ2v) is 8.35. The molecular weight excluding hydrogens is 386 g/mol. The lowest BCUT2D eigenvalue weighted by molar-refractivity contribution is 0.823. The molecule has 3 nitrogen and oxygen atoms in total. The lowest BCUT2D eigenvalue weighted by Gasteiger charge is -2.20. The van der Waals surface area contributed by atoms with Crippen LogP contribution in [-0.2, 0) is 6.42 Å². The number of fused-ring (bicyclic) bond motifs is 2. The Morgan fingerprint density at radius 2 is 2.03 bits per heavy atom. The molecule has 1 aliphatic carbocycles. The van der Waals surface area contributed by atoms with Gasteiger partial charge in [0, 0.05) is 4.53 Å². The Balaban J connectivity index is 1.50. The third-order valence-corrected chi connectivity index (χ3v) is 6.40. The number of aromatic nitrogens is 3. The number of rotatable bonds is 3. The molecule has 0 saturated heterocycles. The highest BCUT2D eigenvalue weighted by Gasteiger charge is 2.17. The predicted octanol–water partition coefficient (Wildman–Crippen LogP) is 4.82. The summed E-state index contributed by atoms with van der Waals surface area (Å²) in [5, 5.41) is 12.0. The van der Waals surface area contributed by atoms with E-state index in [1.54, 1.807) is 11.3 Å². The standard InChI is InChI=1S/C26H21N3S/c1-4-19-11-12-30-26(19)14-17(2)21-13-18(3)23-16-22(10-9-20(23)15-21)29-25-8-6-5-7-24(25)27-28-29/h4-14,16H,2-3,15H2,1H3/b19-4-,26-14+. The fourth-order valence-electron chi connectivity index (χ4n) is 3.90. The second kappa shape index (κ2) is 7.39. The second-order valence-electron chi connectivity index (χ2n) is 7.40. The summed E-state index contributed by atoms with van der Waals surface area (Å²) in [4.78, 5) is 0. The van der Waals surface area contributed by atoms with Crippen molar-refractivity contribution in [1.29, 1.82) is 0 Å². The highest BCUT2D eigenvalue weighted by molar-refractivity contribution is 7.07. The molecule has 4 heteroatoms. The van der Waals surface area contributed by atoms with Crippen molar-refractivity contribution in [2.24, 2.45) is 0 Å². The highest BCUT2D eigenvalue weighted by atomic mass is 32.1. The Bertz CT molecular complexity index is 1460. The third-order valence-electron chi connectivity index (χ3n) is 5.52. The van der Waals surface area contributed by atoms with Crippen LogP contribution in [0.5, 0.6) is 0 Å². The van der Waals surface area contributed by atoms with E-state index in [1.165, 1.54) is 20.9 Å². The molecule has 0 N–H and O–H groups in total. The van der Waals surface area contributed by atoms with E-state index in [0.29, 0.717) is 0 Å². The lowest BCUT2D eigenvalue weighted by atomic mass is 9.85. The van der Waals surface area contributed by atoms with E-state index in [4.69, 9.17) is 0 Å². The van der Waals surface area contributed by atoms with Crippen LogP contribution in [0.3, 0.4) is 0 Å². The van der Waals surface area contributed by atoms with E-state index in [9.17, 15) is 0 Å². The summed E-state index contributed by atoms with van der Waals surface area (Å²) in [6.07, 6.45) is 7.32. The average Bonchev–Trinajstić information content (AvgIpc) is 3.40. The first-order valence-electron chi connectivity index (χ1n) is 9.88. The molecule has 1 aliphatic rings. The smallest absolute Gasteiger partial charge is 0.113 e. The van der Waals surface area contributed by atoms with Gasteiger partial charge in [0.2, 0.25) is 0 Å². The Kier molecular flexibility index (Phi) is 4.57. The molecule has 0 aliphatic heterocycles. The van der Waals surface area contributed by atoms with E-state index >= 15 is 0 Å². The first-order valence-corrected chi connectivity index (χ1v) is 10.8. The molecule has 0 bridgehead atoms. The molecule has 5 rings (SSSR count). The van der Waals surface area contributed by atoms with Gasteiger partial charge in [0.15, 0.2) is 0 Å². The number of para-hydroxylation sites is 1. The van der Waals surface area contributed by atoms with E-state index in [0.717, 1.165) is 39.9 Å². The van der Waals surface area contributed by atoms with Crippen molar-refractivity contribution in [3.05, 3.63) is 105 Å². The predicted molar refractivity (Wildman–Crippen MR) is 127 cm³/mol. The molecule has 0 fully saturated rings. The van der Waals surface area contributed by atoms with Crippen molar-refractivity contribution < 1.29 is 0 Å². The Morgan fingerprint density at radius 3 is 2.90 bits per heavy atom. The van der Waals surface area contributed by atoms with Gasteiger partial charge in [-0.15, -0.1) is 16.4 Å². The Labute approximate surface area is 179 Å². The Morgan fingerprint density at radius 1 is 1.17 bits per heavy atom. The van der Waals surface area contributed by atoms with Crippen LogP contribution in [0.15, 0.2) is 84.3 Å². The third kappa shape index (κ3) is 3.15. The van der Waals surface area contributed by atoms with Gasteiger partial charge in [0.05, 0.1) is 11.2 Å². The molecule has 146 valence electrons. The van der Waals surface area contributed by atoms with Gasteiger partial charge < -0.3 is 0 Å². The average molecular weight is 408 g/mol. The summed E-state index contributed by atoms with van der Waals surface area (Å²) in [7, 11) is 0. The summed E-state index contributed by atoms with van der Waals surface area (Å²) in [5.74, 6) is 0. The van der Waals surface area contributed by atoms with Gasteiger partial charge in [-0.1, -0.05) is 48.7 Å². The molecule has 4 aromatic rings. The molecule has 0 amide bonds. The van der Waals surface area contributed by atoms with Crippen LogP contribution < -0.4 is 9.75 Å². The monoisotopic (exact) mass is 407 g/mol. The molecule has 2 heterocycles. The fraction of sp³-hybridized carbons (Fsp3) is 0.0769. The molecule has 2 aromatic heterocycles. The van der Waals surface area contributed by atoms with E-state index in [1.807, 2.05) is 28.9 Å². The molecule has 0 unspecified atom stereocenters. The maximum atomic E-state index is 4.34. The lowest BCUT2D eigenvalue weighted by Crippen LogP contribution is -2.17. The zero-order valence-electron chi connectivity index (χ0n) is 16.8. The number of hydrogen-bond acceptors (Lipinski definition) is 3. The number of allylic oxidation sites excluding steroid dienone is 4. The summed E-state index contributed by atoms with van der Waals surface area (Å²) in [6, 6.07) is 16.6. The number of nitrogens with zero attached hydrogens (tertiary/aromatic N) is 3. The summed E-state index contributed by atoms with van der Waals surface area (Å²) in [5.41, 5.74) is 8.54. The maximum Gasteiger partial charge on any atom is 0.113 e. The number of hydrogen-bond donors (Lipinski definition) is 0. The van der Waals surface area contributed by atoms with Crippen molar-refractivity contribution in [3.8, 4) is 5.69 Å². The van der Waals surface area contributed by atoms with Gasteiger partial charge in [0.25, 0.3) is 0 Å². The van der Waals surface area contributed by atoms with E-state index < -0.39 is 0 Å². The minimum Gasteiger partial charge on any atom is -0.213 e. The van der Waals surface area contributed by atoms with Crippen LogP contribution in [0.25, 0.3) is 34.4 Å². The van der Waals surface area contributed by atoms with Crippen molar-refractivity contribution in [2.75, 3.05) is 0 Å². The molecule has 0 atom stereocenters. The normalized spacial score (nSPS) is 14.8. The highest BCUT2D eigenvalue weighted by Crippen LogP contribution is 2.33. The van der Waals surface area contributed by atoms with Gasteiger partial charge in [-0.2, -0.15) is 0 Å². The first kappa shape index (κ1) is 18.5. The van der Waals surface area contributed by atoms with Gasteiger partial charge in [-0.3, -0.25) is 0 Å². The minimum atomic E-state index is 0.846. The van der Waals surface area contributed by atoms with Crippen molar-refractivity contribution in [1.82, 2.24) is 15.0 Å². The summed E-state index contributed by atoms with van der Waals surface area (Å²) in [6.45, 7) is 10.7. The molecular formula is C26H21N3S. The fourth-order valence-corrected chi connectivity index (χ4v) is 4.79. The van der Waals surface area contributed by atoms with Crippen LogP contribution in [0.4, 0.5) is 0 Å². The van der Waals surface area contributed by atoms with Gasteiger partial charge in [-0.05, 0) is 88.2 Å². The molecule has 2 aromatic carbocycles. The van der Waals surface area contributed by atoms with Crippen molar-refractivity contribution in [2.45, 2.75) is 13.3 Å². The van der Waals surface area contributed by atoms with Crippen LogP contribution >= 0.6 is 11.3 Å². The molecule has 0 radical (unpaired) electrons. The van der Waals surface area contributed by atoms with Gasteiger partial charge in [0.1, 0.15) is 5.52 Å². The van der Waals surface area contributed by atoms with Crippen LogP contribution in [-0.4, -0.2) is 15.0 Å². The molecule has 30 heavy (non-hydrogen) atoms. The summed E-state index contributed by atoms with van der Waals surface area (Å²) < 4.78 is 3.13. The van der Waals surface area contributed by atoms with Crippen LogP contribution in [0.1, 0.15) is 18.1 Å². The van der Waals surface area contributed by atoms with Crippen molar-refractivity contribution in [3.63, 3.8) is 0 Å². The largest absolute Gasteiger partial charge is 0.213 e. The number of benzene rings is 2. The quantitative estimate of drug-likeness (QED) is 0.488. The van der Waals surface area contributed by atoms with E-state index in [2.05, 4.69) is 78.3 Å². The van der Waals surface area contributed by atoms with E-state index in [-0.39, 0.29) is 0 Å². The van der Waals surface area contributed by atoms with Gasteiger partial charge >= 0.3 is 0 Å². The minimum absolute atomic E-state index is 0.846. The zero-order chi connectivity index (χ0) is 20.7. The number of thiophene rings is 1. The van der Waals surface area contributed by atoms with Crippen LogP contribution in [0.2, 0.25) is 0 Å². The molecule has 0 saturated carbocycles. The zero-order valence-corrected chi connectivity index (χ0v) is 17.6. The maximum absolute atomic E-state index is 4.34. The van der Waals surface area contributed by atoms with Gasteiger partial charge in [-0.25, -0.2) is 4.68 Å². The first-order chi connectivity index (χ1) is 14.6. The molecule has 0 spiro atoms.